The predicted molar refractivity (Wildman–Crippen MR) is 74.2 cm³/mol. The fraction of sp³-hybridized carbons (Fsp3) is 1.00. The number of fused-ring (bicyclic) bond motifs is 1. The molecule has 1 heterocycles. The minimum atomic E-state index is 0.680. The van der Waals surface area contributed by atoms with Crippen LogP contribution in [0.2, 0.25) is 0 Å². The fourth-order valence-electron chi connectivity index (χ4n) is 3.81. The Morgan fingerprint density at radius 3 is 2.65 bits per heavy atom. The van der Waals surface area contributed by atoms with Crippen molar-refractivity contribution in [3.8, 4) is 0 Å². The van der Waals surface area contributed by atoms with Crippen molar-refractivity contribution in [3.63, 3.8) is 0 Å². The average molecular weight is 238 g/mol. The SMILES string of the molecule is CCNC(CN1CCCC2CCCC21)C(C)C. The van der Waals surface area contributed by atoms with Gasteiger partial charge in [0.1, 0.15) is 0 Å². The van der Waals surface area contributed by atoms with Gasteiger partial charge in [-0.15, -0.1) is 0 Å². The first-order valence-electron chi connectivity index (χ1n) is 7.69. The van der Waals surface area contributed by atoms with Gasteiger partial charge in [-0.3, -0.25) is 4.90 Å². The molecule has 17 heavy (non-hydrogen) atoms. The van der Waals surface area contributed by atoms with E-state index in [2.05, 4.69) is 31.0 Å². The zero-order chi connectivity index (χ0) is 12.3. The number of hydrogen-bond acceptors (Lipinski definition) is 2. The summed E-state index contributed by atoms with van der Waals surface area (Å²) in [6.07, 6.45) is 7.35. The molecule has 100 valence electrons. The Kier molecular flexibility index (Phi) is 4.87. The Labute approximate surface area is 107 Å². The lowest BCUT2D eigenvalue weighted by Gasteiger charge is -2.40. The number of nitrogens with zero attached hydrogens (tertiary/aromatic N) is 1. The Hall–Kier alpha value is -0.0800. The second-order valence-corrected chi connectivity index (χ2v) is 6.30. The molecule has 0 bridgehead atoms. The van der Waals surface area contributed by atoms with Crippen LogP contribution in [0.25, 0.3) is 0 Å². The second-order valence-electron chi connectivity index (χ2n) is 6.30. The quantitative estimate of drug-likeness (QED) is 0.792. The number of rotatable bonds is 5. The highest BCUT2D eigenvalue weighted by atomic mass is 15.2. The van der Waals surface area contributed by atoms with Gasteiger partial charge >= 0.3 is 0 Å². The van der Waals surface area contributed by atoms with E-state index in [1.807, 2.05) is 0 Å². The smallest absolute Gasteiger partial charge is 0.0217 e. The molecule has 3 unspecified atom stereocenters. The fourth-order valence-corrected chi connectivity index (χ4v) is 3.81. The standard InChI is InChI=1S/C15H30N2/c1-4-16-14(12(2)3)11-17-10-6-8-13-7-5-9-15(13)17/h12-16H,4-11H2,1-3H3. The molecule has 2 rings (SSSR count). The van der Waals surface area contributed by atoms with E-state index in [9.17, 15) is 0 Å². The number of likely N-dealkylation sites (tertiary alicyclic amines) is 1. The first-order chi connectivity index (χ1) is 8.22. The van der Waals surface area contributed by atoms with Gasteiger partial charge in [0.25, 0.3) is 0 Å². The van der Waals surface area contributed by atoms with Crippen molar-refractivity contribution in [2.75, 3.05) is 19.6 Å². The summed E-state index contributed by atoms with van der Waals surface area (Å²) >= 11 is 0. The Balaban J connectivity index is 1.91. The molecule has 1 N–H and O–H groups in total. The molecule has 2 aliphatic rings. The normalized spacial score (nSPS) is 31.8. The second kappa shape index (κ2) is 6.19. The summed E-state index contributed by atoms with van der Waals surface area (Å²) in [5.74, 6) is 1.77. The van der Waals surface area contributed by atoms with Crippen LogP contribution in [0.15, 0.2) is 0 Å². The molecule has 2 fully saturated rings. The van der Waals surface area contributed by atoms with Gasteiger partial charge in [-0.2, -0.15) is 0 Å². The van der Waals surface area contributed by atoms with Gasteiger partial charge in [0, 0.05) is 18.6 Å². The average Bonchev–Trinajstić information content (AvgIpc) is 2.77. The van der Waals surface area contributed by atoms with Crippen LogP contribution in [-0.2, 0) is 0 Å². The summed E-state index contributed by atoms with van der Waals surface area (Å²) in [5.41, 5.74) is 0. The van der Waals surface area contributed by atoms with Crippen LogP contribution < -0.4 is 5.32 Å². The molecule has 2 heteroatoms. The predicted octanol–water partition coefficient (Wildman–Crippen LogP) is 2.89. The topological polar surface area (TPSA) is 15.3 Å². The summed E-state index contributed by atoms with van der Waals surface area (Å²) in [7, 11) is 0. The summed E-state index contributed by atoms with van der Waals surface area (Å²) in [5, 5.41) is 3.67. The third kappa shape index (κ3) is 3.23. The maximum Gasteiger partial charge on any atom is 0.0217 e. The number of nitrogens with one attached hydrogen (secondary N) is 1. The van der Waals surface area contributed by atoms with Crippen molar-refractivity contribution in [3.05, 3.63) is 0 Å². The van der Waals surface area contributed by atoms with E-state index < -0.39 is 0 Å². The minimum absolute atomic E-state index is 0.680. The van der Waals surface area contributed by atoms with Crippen LogP contribution in [-0.4, -0.2) is 36.6 Å². The van der Waals surface area contributed by atoms with Gasteiger partial charge in [0.2, 0.25) is 0 Å². The van der Waals surface area contributed by atoms with Crippen LogP contribution in [0.3, 0.4) is 0 Å². The molecule has 1 aliphatic heterocycles. The molecule has 0 spiro atoms. The van der Waals surface area contributed by atoms with Crippen LogP contribution >= 0.6 is 0 Å². The van der Waals surface area contributed by atoms with Gasteiger partial charge in [-0.05, 0) is 50.6 Å². The van der Waals surface area contributed by atoms with E-state index in [4.69, 9.17) is 0 Å². The van der Waals surface area contributed by atoms with Crippen molar-refractivity contribution in [1.82, 2.24) is 10.2 Å². The first kappa shape index (κ1) is 13.4. The van der Waals surface area contributed by atoms with Gasteiger partial charge in [0.05, 0.1) is 0 Å². The summed E-state index contributed by atoms with van der Waals surface area (Å²) in [6, 6.07) is 1.60. The molecule has 0 amide bonds. The third-order valence-corrected chi connectivity index (χ3v) is 4.81. The largest absolute Gasteiger partial charge is 0.313 e. The van der Waals surface area contributed by atoms with Crippen molar-refractivity contribution in [2.45, 2.75) is 65.0 Å². The highest BCUT2D eigenvalue weighted by Gasteiger charge is 2.35. The summed E-state index contributed by atoms with van der Waals surface area (Å²) in [4.78, 5) is 2.80. The molecule has 3 atom stereocenters. The van der Waals surface area contributed by atoms with E-state index in [0.29, 0.717) is 6.04 Å². The molecule has 0 aromatic carbocycles. The number of likely N-dealkylation sites (N-methyl/N-ethyl adjacent to an activating group) is 1. The van der Waals surface area contributed by atoms with E-state index >= 15 is 0 Å². The van der Waals surface area contributed by atoms with Gasteiger partial charge in [-0.25, -0.2) is 0 Å². The van der Waals surface area contributed by atoms with Gasteiger partial charge in [-0.1, -0.05) is 27.2 Å². The van der Waals surface area contributed by atoms with E-state index in [1.54, 1.807) is 0 Å². The molecular weight excluding hydrogens is 208 g/mol. The van der Waals surface area contributed by atoms with E-state index in [-0.39, 0.29) is 0 Å². The molecular formula is C15H30N2. The zero-order valence-electron chi connectivity index (χ0n) is 11.9. The molecule has 0 radical (unpaired) electrons. The number of piperidine rings is 1. The summed E-state index contributed by atoms with van der Waals surface area (Å²) in [6.45, 7) is 10.6. The van der Waals surface area contributed by atoms with Gasteiger partial charge in [0.15, 0.2) is 0 Å². The monoisotopic (exact) mass is 238 g/mol. The lowest BCUT2D eigenvalue weighted by atomic mass is 9.91. The molecule has 1 saturated heterocycles. The van der Waals surface area contributed by atoms with Crippen molar-refractivity contribution < 1.29 is 0 Å². The maximum absolute atomic E-state index is 3.67. The van der Waals surface area contributed by atoms with Crippen LogP contribution in [0, 0.1) is 11.8 Å². The van der Waals surface area contributed by atoms with Gasteiger partial charge < -0.3 is 5.32 Å². The Morgan fingerprint density at radius 2 is 1.94 bits per heavy atom. The lowest BCUT2D eigenvalue weighted by molar-refractivity contribution is 0.0940. The highest BCUT2D eigenvalue weighted by molar-refractivity contribution is 4.91. The number of hydrogen-bond donors (Lipinski definition) is 1. The molecule has 2 nitrogen and oxygen atoms in total. The molecule has 0 aromatic rings. The molecule has 1 saturated carbocycles. The van der Waals surface area contributed by atoms with Crippen LogP contribution in [0.4, 0.5) is 0 Å². The first-order valence-corrected chi connectivity index (χ1v) is 7.69. The van der Waals surface area contributed by atoms with Crippen molar-refractivity contribution in [2.24, 2.45) is 11.8 Å². The van der Waals surface area contributed by atoms with Crippen LogP contribution in [0.5, 0.6) is 0 Å². The lowest BCUT2D eigenvalue weighted by Crippen LogP contribution is -2.50. The van der Waals surface area contributed by atoms with Crippen LogP contribution in [0.1, 0.15) is 52.9 Å². The van der Waals surface area contributed by atoms with Crippen molar-refractivity contribution >= 4 is 0 Å². The Bertz CT molecular complexity index is 227. The molecule has 1 aliphatic carbocycles. The van der Waals surface area contributed by atoms with E-state index in [1.165, 1.54) is 45.2 Å². The zero-order valence-corrected chi connectivity index (χ0v) is 11.9. The maximum atomic E-state index is 3.67. The highest BCUT2D eigenvalue weighted by Crippen LogP contribution is 2.36. The van der Waals surface area contributed by atoms with E-state index in [0.717, 1.165) is 24.4 Å². The third-order valence-electron chi connectivity index (χ3n) is 4.81. The molecule has 0 aromatic heterocycles. The Morgan fingerprint density at radius 1 is 1.18 bits per heavy atom. The van der Waals surface area contributed by atoms with Crippen molar-refractivity contribution in [1.29, 1.82) is 0 Å². The summed E-state index contributed by atoms with van der Waals surface area (Å²) < 4.78 is 0. The minimum Gasteiger partial charge on any atom is -0.313 e.